The Labute approximate surface area is 327 Å². The van der Waals surface area contributed by atoms with Crippen LogP contribution in [0.2, 0.25) is 0 Å². The first-order valence-corrected chi connectivity index (χ1v) is 23.2. The number of quaternary nitrogens is 1. The van der Waals surface area contributed by atoms with Crippen LogP contribution in [0, 0.1) is 0 Å². The number of hydrogen-bond acceptors (Lipinski definition) is 7. The molecule has 0 aromatic carbocycles. The molecule has 0 fully saturated rings. The molecule has 0 aliphatic rings. The fraction of sp³-hybridized carbons (Fsp3) is 0.841. The molecule has 9 heteroatoms. The van der Waals surface area contributed by atoms with Gasteiger partial charge in [0.2, 0.25) is 0 Å². The Kier molecular flexibility index (Phi) is 36.7. The van der Waals surface area contributed by atoms with E-state index in [0.717, 1.165) is 57.8 Å². The lowest BCUT2D eigenvalue weighted by Crippen LogP contribution is -2.37. The first-order valence-electron chi connectivity index (χ1n) is 21.7. The van der Waals surface area contributed by atoms with Gasteiger partial charge >= 0.3 is 5.97 Å². The molecule has 0 aromatic rings. The van der Waals surface area contributed by atoms with E-state index in [4.69, 9.17) is 18.5 Å². The number of allylic oxidation sites excluding steroid dienone is 6. The minimum Gasteiger partial charge on any atom is -0.756 e. The molecule has 0 aliphatic carbocycles. The molecular weight excluding hydrogens is 685 g/mol. The number of carbonyl (C=O) groups is 1. The van der Waals surface area contributed by atoms with Crippen LogP contribution in [0.3, 0.4) is 0 Å². The topological polar surface area (TPSA) is 94.1 Å². The second kappa shape index (κ2) is 37.6. The van der Waals surface area contributed by atoms with Crippen LogP contribution in [0.25, 0.3) is 0 Å². The standard InChI is InChI=1S/C44H84NO7P/c1-6-8-10-12-14-16-18-20-22-23-24-25-27-29-31-33-35-37-44(46)52-43(42-51-53(47,48)50-40-38-45(3,4)5)41-49-39-36-34-32-30-28-26-21-19-17-15-13-11-9-7-2/h14,16,20,22,24-25,43H,6-13,15,17-19,21,23,26-42H2,1-5H3/b16-14+,22-20+,25-24+/t43-/m1/s1. The summed E-state index contributed by atoms with van der Waals surface area (Å²) < 4.78 is 34.5. The van der Waals surface area contributed by atoms with Gasteiger partial charge in [-0.3, -0.25) is 9.36 Å². The molecule has 0 spiro atoms. The van der Waals surface area contributed by atoms with Gasteiger partial charge in [0.15, 0.2) is 0 Å². The first kappa shape index (κ1) is 51.7. The van der Waals surface area contributed by atoms with E-state index in [-0.39, 0.29) is 32.2 Å². The van der Waals surface area contributed by atoms with Gasteiger partial charge in [-0.05, 0) is 51.4 Å². The highest BCUT2D eigenvalue weighted by Crippen LogP contribution is 2.38. The number of ether oxygens (including phenoxy) is 2. The number of phosphoric ester groups is 1. The van der Waals surface area contributed by atoms with E-state index in [9.17, 15) is 14.3 Å². The molecule has 1 unspecified atom stereocenters. The molecule has 2 atom stereocenters. The second-order valence-corrected chi connectivity index (χ2v) is 17.1. The summed E-state index contributed by atoms with van der Waals surface area (Å²) in [6.07, 6.45) is 42.9. The van der Waals surface area contributed by atoms with Crippen molar-refractivity contribution in [1.82, 2.24) is 0 Å². The van der Waals surface area contributed by atoms with Crippen molar-refractivity contribution in [3.8, 4) is 0 Å². The van der Waals surface area contributed by atoms with Crippen molar-refractivity contribution in [2.24, 2.45) is 0 Å². The average molecular weight is 770 g/mol. The van der Waals surface area contributed by atoms with E-state index in [1.807, 2.05) is 21.1 Å². The number of nitrogens with zero attached hydrogens (tertiary/aromatic N) is 1. The molecule has 0 rings (SSSR count). The van der Waals surface area contributed by atoms with Gasteiger partial charge < -0.3 is 27.9 Å². The van der Waals surface area contributed by atoms with Crippen LogP contribution in [-0.2, 0) is 27.9 Å². The summed E-state index contributed by atoms with van der Waals surface area (Å²) in [6, 6.07) is 0. The van der Waals surface area contributed by atoms with Crippen LogP contribution in [-0.4, -0.2) is 70.7 Å². The normalized spacial score (nSPS) is 14.2. The predicted octanol–water partition coefficient (Wildman–Crippen LogP) is 12.0. The SMILES string of the molecule is CCCCC/C=C/C/C=C/C/C=C/CCCCCCC(=O)O[C@H](COCCCCCCCCCCCCCCCC)COP(=O)([O-])OCC[N+](C)(C)C. The molecule has 8 nitrogen and oxygen atoms in total. The number of likely N-dealkylation sites (N-methyl/N-ethyl adjacent to an activating group) is 1. The maximum absolute atomic E-state index is 12.7. The van der Waals surface area contributed by atoms with E-state index in [1.54, 1.807) is 0 Å². The zero-order valence-corrected chi connectivity index (χ0v) is 36.1. The van der Waals surface area contributed by atoms with Crippen LogP contribution < -0.4 is 4.89 Å². The zero-order valence-electron chi connectivity index (χ0n) is 35.2. The van der Waals surface area contributed by atoms with Crippen LogP contribution in [0.15, 0.2) is 36.5 Å². The molecule has 0 radical (unpaired) electrons. The molecule has 0 heterocycles. The Bertz CT molecular complexity index is 947. The summed E-state index contributed by atoms with van der Waals surface area (Å²) in [4.78, 5) is 25.0. The largest absolute Gasteiger partial charge is 0.756 e. The molecule has 312 valence electrons. The van der Waals surface area contributed by atoms with Crippen molar-refractivity contribution in [2.75, 3.05) is 54.1 Å². The van der Waals surface area contributed by atoms with Gasteiger partial charge in [-0.25, -0.2) is 0 Å². The number of rotatable bonds is 40. The lowest BCUT2D eigenvalue weighted by Gasteiger charge is -2.28. The van der Waals surface area contributed by atoms with E-state index in [1.165, 1.54) is 103 Å². The Balaban J connectivity index is 4.29. The third-order valence-corrected chi connectivity index (χ3v) is 10.2. The Morgan fingerprint density at radius 3 is 1.58 bits per heavy atom. The molecule has 0 aliphatic heterocycles. The van der Waals surface area contributed by atoms with Crippen molar-refractivity contribution in [2.45, 2.75) is 187 Å². The maximum Gasteiger partial charge on any atom is 0.306 e. The van der Waals surface area contributed by atoms with E-state index >= 15 is 0 Å². The number of esters is 1. The molecule has 53 heavy (non-hydrogen) atoms. The fourth-order valence-corrected chi connectivity index (χ4v) is 6.52. The summed E-state index contributed by atoms with van der Waals surface area (Å²) >= 11 is 0. The minimum atomic E-state index is -4.53. The van der Waals surface area contributed by atoms with Crippen LogP contribution in [0.4, 0.5) is 0 Å². The van der Waals surface area contributed by atoms with Gasteiger partial charge in [-0.1, -0.05) is 159 Å². The number of phosphoric acid groups is 1. The molecular formula is C44H84NO7P. The lowest BCUT2D eigenvalue weighted by atomic mass is 10.0. The van der Waals surface area contributed by atoms with Crippen LogP contribution in [0.1, 0.15) is 181 Å². The zero-order chi connectivity index (χ0) is 39.1. The van der Waals surface area contributed by atoms with E-state index in [2.05, 4.69) is 50.3 Å². The molecule has 0 saturated heterocycles. The van der Waals surface area contributed by atoms with Gasteiger partial charge in [-0.15, -0.1) is 0 Å². The molecule has 0 amide bonds. The first-order chi connectivity index (χ1) is 25.6. The van der Waals surface area contributed by atoms with Gasteiger partial charge in [0.25, 0.3) is 7.82 Å². The van der Waals surface area contributed by atoms with Gasteiger partial charge in [0.05, 0.1) is 34.4 Å². The van der Waals surface area contributed by atoms with Crippen molar-refractivity contribution in [1.29, 1.82) is 0 Å². The molecule has 0 aromatic heterocycles. The fourth-order valence-electron chi connectivity index (χ4n) is 5.79. The molecule has 0 N–H and O–H groups in total. The number of carbonyl (C=O) groups excluding carboxylic acids is 1. The Morgan fingerprint density at radius 2 is 1.04 bits per heavy atom. The molecule has 0 saturated carbocycles. The highest BCUT2D eigenvalue weighted by Gasteiger charge is 2.20. The number of unbranched alkanes of at least 4 members (excludes halogenated alkanes) is 20. The van der Waals surface area contributed by atoms with Crippen LogP contribution >= 0.6 is 7.82 Å². The summed E-state index contributed by atoms with van der Waals surface area (Å²) in [5, 5.41) is 0. The summed E-state index contributed by atoms with van der Waals surface area (Å²) in [5.41, 5.74) is 0. The Hall–Kier alpha value is -1.28. The third-order valence-electron chi connectivity index (χ3n) is 9.19. The summed E-state index contributed by atoms with van der Waals surface area (Å²) in [6.45, 7) is 5.37. The predicted molar refractivity (Wildman–Crippen MR) is 222 cm³/mol. The van der Waals surface area contributed by atoms with E-state index in [0.29, 0.717) is 17.6 Å². The Morgan fingerprint density at radius 1 is 0.585 bits per heavy atom. The second-order valence-electron chi connectivity index (χ2n) is 15.7. The highest BCUT2D eigenvalue weighted by atomic mass is 31.2. The van der Waals surface area contributed by atoms with Crippen molar-refractivity contribution >= 4 is 13.8 Å². The monoisotopic (exact) mass is 770 g/mol. The maximum atomic E-state index is 12.7. The highest BCUT2D eigenvalue weighted by molar-refractivity contribution is 7.45. The smallest absolute Gasteiger partial charge is 0.306 e. The third kappa shape index (κ3) is 41.7. The summed E-state index contributed by atoms with van der Waals surface area (Å²) in [5.74, 6) is -0.354. The lowest BCUT2D eigenvalue weighted by molar-refractivity contribution is -0.870. The van der Waals surface area contributed by atoms with Crippen molar-refractivity contribution in [3.63, 3.8) is 0 Å². The minimum absolute atomic E-state index is 0.0221. The van der Waals surface area contributed by atoms with Gasteiger partial charge in [0.1, 0.15) is 19.3 Å². The number of hydrogen-bond donors (Lipinski definition) is 0. The summed E-state index contributed by atoms with van der Waals surface area (Å²) in [7, 11) is 1.34. The van der Waals surface area contributed by atoms with Crippen LogP contribution in [0.5, 0.6) is 0 Å². The van der Waals surface area contributed by atoms with Gasteiger partial charge in [0, 0.05) is 13.0 Å². The molecule has 0 bridgehead atoms. The quantitative estimate of drug-likeness (QED) is 0.0201. The average Bonchev–Trinajstić information content (AvgIpc) is 3.11. The van der Waals surface area contributed by atoms with Gasteiger partial charge in [-0.2, -0.15) is 0 Å². The van der Waals surface area contributed by atoms with Crippen molar-refractivity contribution < 1.29 is 37.3 Å². The van der Waals surface area contributed by atoms with Crippen molar-refractivity contribution in [3.05, 3.63) is 36.5 Å². The van der Waals surface area contributed by atoms with E-state index < -0.39 is 13.9 Å².